The summed E-state index contributed by atoms with van der Waals surface area (Å²) >= 11 is 0. The molecule has 2 N–H and O–H groups in total. The Morgan fingerprint density at radius 3 is 2.92 bits per heavy atom. The number of aromatic nitrogens is 2. The van der Waals surface area contributed by atoms with E-state index in [2.05, 4.69) is 9.97 Å². The average molecular weight is 329 g/mol. The lowest BCUT2D eigenvalue weighted by Gasteiger charge is -2.20. The van der Waals surface area contributed by atoms with Crippen LogP contribution in [0.3, 0.4) is 0 Å². The lowest BCUT2D eigenvalue weighted by molar-refractivity contribution is -0.141. The standard InChI is InChI=1S/C17H19N3O4/c1-10-14(16(21)20-8-4-7-13(20)17(22)23)19-15(18-10)11-5-3-6-12(9-11)24-2/h3,5-6,9,13H,4,7-8H2,1-2H3,(H,18,19)(H,22,23)/t13-/m1/s1. The number of likely N-dealkylation sites (tertiary alicyclic amines) is 1. The number of H-pyrrole nitrogens is 1. The normalized spacial score (nSPS) is 17.1. The van der Waals surface area contributed by atoms with E-state index in [0.717, 1.165) is 5.56 Å². The number of carbonyl (C=O) groups is 2. The second-order valence-electron chi connectivity index (χ2n) is 5.79. The van der Waals surface area contributed by atoms with Crippen molar-refractivity contribution in [3.63, 3.8) is 0 Å². The number of hydrogen-bond acceptors (Lipinski definition) is 4. The Morgan fingerprint density at radius 1 is 1.42 bits per heavy atom. The first-order chi connectivity index (χ1) is 11.5. The Labute approximate surface area is 139 Å². The van der Waals surface area contributed by atoms with Crippen LogP contribution in [0, 0.1) is 6.92 Å². The molecule has 2 aromatic rings. The van der Waals surface area contributed by atoms with Crippen molar-refractivity contribution in [2.75, 3.05) is 13.7 Å². The van der Waals surface area contributed by atoms with Gasteiger partial charge in [0.2, 0.25) is 0 Å². The third kappa shape index (κ3) is 2.84. The van der Waals surface area contributed by atoms with Crippen LogP contribution in [0.25, 0.3) is 11.4 Å². The number of nitrogens with zero attached hydrogens (tertiary/aromatic N) is 2. The number of aromatic amines is 1. The molecule has 0 aliphatic carbocycles. The number of aliphatic carboxylic acids is 1. The Balaban J connectivity index is 1.91. The summed E-state index contributed by atoms with van der Waals surface area (Å²) in [6.45, 7) is 2.20. The van der Waals surface area contributed by atoms with E-state index in [1.165, 1.54) is 4.90 Å². The van der Waals surface area contributed by atoms with Crippen LogP contribution in [-0.2, 0) is 4.79 Å². The molecular weight excluding hydrogens is 310 g/mol. The summed E-state index contributed by atoms with van der Waals surface area (Å²) in [5, 5.41) is 9.25. The maximum atomic E-state index is 12.7. The zero-order valence-electron chi connectivity index (χ0n) is 13.6. The fraction of sp³-hybridized carbons (Fsp3) is 0.353. The minimum atomic E-state index is -0.970. The van der Waals surface area contributed by atoms with Gasteiger partial charge >= 0.3 is 5.97 Å². The summed E-state index contributed by atoms with van der Waals surface area (Å²) in [7, 11) is 1.58. The topological polar surface area (TPSA) is 95.5 Å². The first kappa shape index (κ1) is 16.0. The van der Waals surface area contributed by atoms with Gasteiger partial charge in [0.1, 0.15) is 23.3 Å². The van der Waals surface area contributed by atoms with E-state index in [1.54, 1.807) is 14.0 Å². The number of rotatable bonds is 4. The zero-order valence-corrected chi connectivity index (χ0v) is 13.6. The molecule has 24 heavy (non-hydrogen) atoms. The molecule has 0 radical (unpaired) electrons. The van der Waals surface area contributed by atoms with Crippen LogP contribution in [0.2, 0.25) is 0 Å². The maximum Gasteiger partial charge on any atom is 0.326 e. The quantitative estimate of drug-likeness (QED) is 0.895. The van der Waals surface area contributed by atoms with Crippen LogP contribution < -0.4 is 4.74 Å². The summed E-state index contributed by atoms with van der Waals surface area (Å²) < 4.78 is 5.20. The number of carboxylic acids is 1. The first-order valence-corrected chi connectivity index (χ1v) is 7.76. The molecule has 3 rings (SSSR count). The van der Waals surface area contributed by atoms with E-state index < -0.39 is 12.0 Å². The van der Waals surface area contributed by atoms with E-state index in [4.69, 9.17) is 4.74 Å². The molecule has 7 nitrogen and oxygen atoms in total. The molecule has 1 aromatic heterocycles. The summed E-state index contributed by atoms with van der Waals surface area (Å²) in [6, 6.07) is 6.59. The first-order valence-electron chi connectivity index (χ1n) is 7.76. The summed E-state index contributed by atoms with van der Waals surface area (Å²) in [4.78, 5) is 32.9. The Bertz CT molecular complexity index is 784. The minimum Gasteiger partial charge on any atom is -0.497 e. The highest BCUT2D eigenvalue weighted by Gasteiger charge is 2.36. The fourth-order valence-electron chi connectivity index (χ4n) is 2.98. The molecule has 7 heteroatoms. The fourth-order valence-corrected chi connectivity index (χ4v) is 2.98. The monoisotopic (exact) mass is 329 g/mol. The number of carbonyl (C=O) groups excluding carboxylic acids is 1. The molecule has 0 bridgehead atoms. The number of nitrogens with one attached hydrogen (secondary N) is 1. The van der Waals surface area contributed by atoms with Crippen molar-refractivity contribution < 1.29 is 19.4 Å². The molecule has 0 spiro atoms. The predicted octanol–water partition coefficient (Wildman–Crippen LogP) is 2.08. The molecule has 0 unspecified atom stereocenters. The van der Waals surface area contributed by atoms with Crippen molar-refractivity contribution in [2.24, 2.45) is 0 Å². The Hall–Kier alpha value is -2.83. The molecule has 126 valence electrons. The third-order valence-corrected chi connectivity index (χ3v) is 4.23. The zero-order chi connectivity index (χ0) is 17.3. The molecule has 1 atom stereocenters. The molecule has 1 saturated heterocycles. The van der Waals surface area contributed by atoms with Crippen LogP contribution in [0.15, 0.2) is 24.3 Å². The van der Waals surface area contributed by atoms with Gasteiger partial charge < -0.3 is 19.7 Å². The van der Waals surface area contributed by atoms with Crippen LogP contribution in [0.5, 0.6) is 5.75 Å². The van der Waals surface area contributed by atoms with E-state index in [9.17, 15) is 14.7 Å². The number of hydrogen-bond donors (Lipinski definition) is 2. The predicted molar refractivity (Wildman–Crippen MR) is 87.0 cm³/mol. The van der Waals surface area contributed by atoms with Gasteiger partial charge in [-0.1, -0.05) is 12.1 Å². The Morgan fingerprint density at radius 2 is 2.21 bits per heavy atom. The summed E-state index contributed by atoms with van der Waals surface area (Å²) in [5.74, 6) is -0.0643. The van der Waals surface area contributed by atoms with Gasteiger partial charge in [0.15, 0.2) is 0 Å². The molecular formula is C17H19N3O4. The van der Waals surface area contributed by atoms with Gasteiger partial charge in [0, 0.05) is 17.8 Å². The van der Waals surface area contributed by atoms with E-state index >= 15 is 0 Å². The maximum absolute atomic E-state index is 12.7. The molecule has 0 saturated carbocycles. The molecule has 1 amide bonds. The van der Waals surface area contributed by atoms with Gasteiger partial charge in [-0.25, -0.2) is 9.78 Å². The number of carboxylic acid groups (broad SMARTS) is 1. The molecule has 1 aromatic carbocycles. The lowest BCUT2D eigenvalue weighted by Crippen LogP contribution is -2.40. The van der Waals surface area contributed by atoms with Gasteiger partial charge in [-0.15, -0.1) is 0 Å². The summed E-state index contributed by atoms with van der Waals surface area (Å²) in [5.41, 5.74) is 1.68. The molecule has 1 aliphatic heterocycles. The highest BCUT2D eigenvalue weighted by Crippen LogP contribution is 2.25. The minimum absolute atomic E-state index is 0.265. The van der Waals surface area contributed by atoms with E-state index in [0.29, 0.717) is 36.7 Å². The van der Waals surface area contributed by atoms with Crippen molar-refractivity contribution in [3.8, 4) is 17.1 Å². The van der Waals surface area contributed by atoms with E-state index in [-0.39, 0.29) is 11.6 Å². The second kappa shape index (κ2) is 6.35. The van der Waals surface area contributed by atoms with Gasteiger partial charge in [-0.05, 0) is 31.9 Å². The van der Waals surface area contributed by atoms with Crippen molar-refractivity contribution in [1.82, 2.24) is 14.9 Å². The molecule has 2 heterocycles. The van der Waals surface area contributed by atoms with Crippen molar-refractivity contribution in [2.45, 2.75) is 25.8 Å². The molecule has 1 fully saturated rings. The van der Waals surface area contributed by atoms with Crippen LogP contribution >= 0.6 is 0 Å². The number of aryl methyl sites for hydroxylation is 1. The summed E-state index contributed by atoms with van der Waals surface area (Å²) in [6.07, 6.45) is 1.17. The molecule has 1 aliphatic rings. The number of imidazole rings is 1. The SMILES string of the molecule is COc1cccc(-c2nc(C(=O)N3CCC[C@@H]3C(=O)O)c(C)[nH]2)c1. The third-order valence-electron chi connectivity index (χ3n) is 4.23. The largest absolute Gasteiger partial charge is 0.497 e. The van der Waals surface area contributed by atoms with Gasteiger partial charge in [-0.3, -0.25) is 4.79 Å². The average Bonchev–Trinajstić information content (AvgIpc) is 3.21. The van der Waals surface area contributed by atoms with Crippen LogP contribution in [-0.4, -0.2) is 51.5 Å². The van der Waals surface area contributed by atoms with Gasteiger partial charge in [0.25, 0.3) is 5.91 Å². The van der Waals surface area contributed by atoms with Crippen molar-refractivity contribution in [1.29, 1.82) is 0 Å². The number of amides is 1. The number of ether oxygens (including phenoxy) is 1. The Kier molecular flexibility index (Phi) is 4.24. The van der Waals surface area contributed by atoms with Gasteiger partial charge in [-0.2, -0.15) is 0 Å². The highest BCUT2D eigenvalue weighted by atomic mass is 16.5. The second-order valence-corrected chi connectivity index (χ2v) is 5.79. The van der Waals surface area contributed by atoms with Gasteiger partial charge in [0.05, 0.1) is 7.11 Å². The van der Waals surface area contributed by atoms with E-state index in [1.807, 2.05) is 24.3 Å². The van der Waals surface area contributed by atoms with Crippen molar-refractivity contribution in [3.05, 3.63) is 35.7 Å². The number of benzene rings is 1. The van der Waals surface area contributed by atoms with Crippen LogP contribution in [0.4, 0.5) is 0 Å². The smallest absolute Gasteiger partial charge is 0.326 e. The number of methoxy groups -OCH3 is 1. The van der Waals surface area contributed by atoms with Crippen molar-refractivity contribution >= 4 is 11.9 Å². The lowest BCUT2D eigenvalue weighted by atomic mass is 10.2. The highest BCUT2D eigenvalue weighted by molar-refractivity contribution is 5.96. The van der Waals surface area contributed by atoms with Crippen LogP contribution in [0.1, 0.15) is 29.0 Å².